The van der Waals surface area contributed by atoms with E-state index in [4.69, 9.17) is 14.2 Å². The molecule has 0 aliphatic heterocycles. The summed E-state index contributed by atoms with van der Waals surface area (Å²) in [4.78, 5) is 0. The second-order valence-electron chi connectivity index (χ2n) is 4.06. The van der Waals surface area contributed by atoms with Crippen LogP contribution in [0.5, 0.6) is 5.75 Å². The fourth-order valence-electron chi connectivity index (χ4n) is 1.52. The lowest BCUT2D eigenvalue weighted by Gasteiger charge is -2.13. The van der Waals surface area contributed by atoms with Crippen molar-refractivity contribution >= 4 is 5.69 Å². The van der Waals surface area contributed by atoms with Gasteiger partial charge in [-0.1, -0.05) is 6.07 Å². The minimum atomic E-state index is -0.549. The third-order valence-corrected chi connectivity index (χ3v) is 2.43. The summed E-state index contributed by atoms with van der Waals surface area (Å²) in [6, 6.07) is 7.65. The van der Waals surface area contributed by atoms with E-state index in [1.807, 2.05) is 31.2 Å². The Morgan fingerprint density at radius 2 is 2.16 bits per heavy atom. The van der Waals surface area contributed by atoms with Crippen molar-refractivity contribution in [3.8, 4) is 5.75 Å². The lowest BCUT2D eigenvalue weighted by Crippen LogP contribution is -2.25. The van der Waals surface area contributed by atoms with Crippen LogP contribution in [0, 0.1) is 0 Å². The van der Waals surface area contributed by atoms with Gasteiger partial charge in [-0.15, -0.1) is 0 Å². The van der Waals surface area contributed by atoms with Crippen molar-refractivity contribution in [2.45, 2.75) is 13.0 Å². The zero-order chi connectivity index (χ0) is 13.9. The number of benzene rings is 1. The summed E-state index contributed by atoms with van der Waals surface area (Å²) in [6.07, 6.45) is -0.549. The first-order valence-electron chi connectivity index (χ1n) is 6.47. The number of aliphatic hydroxyl groups is 1. The third kappa shape index (κ3) is 7.00. The van der Waals surface area contributed by atoms with Gasteiger partial charge in [0.15, 0.2) is 0 Å². The summed E-state index contributed by atoms with van der Waals surface area (Å²) in [5.74, 6) is 0.818. The van der Waals surface area contributed by atoms with Gasteiger partial charge in [0, 0.05) is 25.4 Å². The fraction of sp³-hybridized carbons (Fsp3) is 0.571. The first-order chi connectivity index (χ1) is 9.26. The predicted molar refractivity (Wildman–Crippen MR) is 74.8 cm³/mol. The highest BCUT2D eigenvalue weighted by Gasteiger charge is 2.04. The van der Waals surface area contributed by atoms with Crippen LogP contribution >= 0.6 is 0 Å². The molecule has 0 saturated heterocycles. The van der Waals surface area contributed by atoms with Crippen molar-refractivity contribution < 1.29 is 19.3 Å². The van der Waals surface area contributed by atoms with Crippen LogP contribution in [-0.4, -0.2) is 51.3 Å². The maximum absolute atomic E-state index is 9.72. The van der Waals surface area contributed by atoms with Crippen molar-refractivity contribution in [2.24, 2.45) is 0 Å². The smallest absolute Gasteiger partial charge is 0.121 e. The Labute approximate surface area is 114 Å². The number of hydrogen-bond acceptors (Lipinski definition) is 5. The van der Waals surface area contributed by atoms with Crippen molar-refractivity contribution in [1.82, 2.24) is 0 Å². The van der Waals surface area contributed by atoms with Crippen LogP contribution in [-0.2, 0) is 9.47 Å². The number of rotatable bonds is 10. The van der Waals surface area contributed by atoms with Gasteiger partial charge in [-0.3, -0.25) is 0 Å². The first kappa shape index (κ1) is 15.8. The first-order valence-corrected chi connectivity index (χ1v) is 6.47. The number of ether oxygens (including phenoxy) is 3. The van der Waals surface area contributed by atoms with Crippen molar-refractivity contribution in [2.75, 3.05) is 45.4 Å². The van der Waals surface area contributed by atoms with Crippen LogP contribution < -0.4 is 10.1 Å². The Bertz CT molecular complexity index is 346. The molecule has 5 nitrogen and oxygen atoms in total. The fourth-order valence-corrected chi connectivity index (χ4v) is 1.52. The minimum absolute atomic E-state index is 0.293. The second-order valence-corrected chi connectivity index (χ2v) is 4.06. The second kappa shape index (κ2) is 9.61. The van der Waals surface area contributed by atoms with E-state index in [2.05, 4.69) is 5.32 Å². The Morgan fingerprint density at radius 3 is 2.89 bits per heavy atom. The molecule has 0 aliphatic carbocycles. The summed E-state index contributed by atoms with van der Waals surface area (Å²) < 4.78 is 15.5. The van der Waals surface area contributed by atoms with Crippen molar-refractivity contribution in [3.05, 3.63) is 24.3 Å². The van der Waals surface area contributed by atoms with E-state index in [1.165, 1.54) is 0 Å². The van der Waals surface area contributed by atoms with E-state index in [0.717, 1.165) is 11.4 Å². The number of methoxy groups -OCH3 is 1. The topological polar surface area (TPSA) is 60.0 Å². The maximum atomic E-state index is 9.72. The highest BCUT2D eigenvalue weighted by molar-refractivity contribution is 5.48. The average Bonchev–Trinajstić information content (AvgIpc) is 2.42. The molecular formula is C14H23NO4. The molecule has 108 valence electrons. The lowest BCUT2D eigenvalue weighted by molar-refractivity contribution is 0.0182. The Morgan fingerprint density at radius 1 is 1.32 bits per heavy atom. The van der Waals surface area contributed by atoms with Crippen LogP contribution in [0.1, 0.15) is 6.92 Å². The molecule has 1 rings (SSSR count). The number of nitrogens with one attached hydrogen (secondary N) is 1. The van der Waals surface area contributed by atoms with E-state index in [9.17, 15) is 5.11 Å². The third-order valence-electron chi connectivity index (χ3n) is 2.43. The molecule has 2 N–H and O–H groups in total. The molecule has 0 fully saturated rings. The molecule has 0 amide bonds. The molecule has 0 aliphatic rings. The minimum Gasteiger partial charge on any atom is -0.494 e. The van der Waals surface area contributed by atoms with Crippen LogP contribution in [0.2, 0.25) is 0 Å². The van der Waals surface area contributed by atoms with Gasteiger partial charge in [-0.2, -0.15) is 0 Å². The molecule has 0 heterocycles. The highest BCUT2D eigenvalue weighted by Crippen LogP contribution is 2.17. The zero-order valence-electron chi connectivity index (χ0n) is 11.6. The summed E-state index contributed by atoms with van der Waals surface area (Å²) in [6.45, 7) is 4.34. The van der Waals surface area contributed by atoms with Crippen LogP contribution in [0.15, 0.2) is 24.3 Å². The average molecular weight is 269 g/mol. The van der Waals surface area contributed by atoms with Gasteiger partial charge in [0.25, 0.3) is 0 Å². The summed E-state index contributed by atoms with van der Waals surface area (Å²) in [7, 11) is 1.62. The van der Waals surface area contributed by atoms with Gasteiger partial charge in [0.1, 0.15) is 5.75 Å². The van der Waals surface area contributed by atoms with Crippen LogP contribution in [0.3, 0.4) is 0 Å². The molecule has 0 radical (unpaired) electrons. The molecular weight excluding hydrogens is 246 g/mol. The summed E-state index contributed by atoms with van der Waals surface area (Å²) in [5, 5.41) is 12.9. The van der Waals surface area contributed by atoms with Crippen molar-refractivity contribution in [3.63, 3.8) is 0 Å². The van der Waals surface area contributed by atoms with Crippen molar-refractivity contribution in [1.29, 1.82) is 0 Å². The molecule has 0 saturated carbocycles. The zero-order valence-corrected chi connectivity index (χ0v) is 11.6. The van der Waals surface area contributed by atoms with E-state index in [-0.39, 0.29) is 0 Å². The molecule has 1 atom stereocenters. The predicted octanol–water partition coefficient (Wildman–Crippen LogP) is 1.52. The van der Waals surface area contributed by atoms with E-state index in [0.29, 0.717) is 33.0 Å². The van der Waals surface area contributed by atoms with E-state index < -0.39 is 6.10 Å². The molecule has 0 aromatic heterocycles. The monoisotopic (exact) mass is 269 g/mol. The van der Waals surface area contributed by atoms with Crippen LogP contribution in [0.25, 0.3) is 0 Å². The Balaban J connectivity index is 2.25. The molecule has 1 aromatic rings. The summed E-state index contributed by atoms with van der Waals surface area (Å²) >= 11 is 0. The molecule has 1 aromatic carbocycles. The molecule has 0 bridgehead atoms. The number of anilines is 1. The quantitative estimate of drug-likeness (QED) is 0.631. The summed E-state index contributed by atoms with van der Waals surface area (Å²) in [5.41, 5.74) is 0.918. The largest absolute Gasteiger partial charge is 0.494 e. The van der Waals surface area contributed by atoms with Gasteiger partial charge < -0.3 is 24.6 Å². The Hall–Kier alpha value is -1.30. The SMILES string of the molecule is CCOc1cccc(NCC(O)COCCOC)c1. The van der Waals surface area contributed by atoms with Gasteiger partial charge in [0.05, 0.1) is 32.5 Å². The van der Waals surface area contributed by atoms with Gasteiger partial charge >= 0.3 is 0 Å². The van der Waals surface area contributed by atoms with E-state index >= 15 is 0 Å². The van der Waals surface area contributed by atoms with E-state index in [1.54, 1.807) is 7.11 Å². The standard InChI is InChI=1S/C14H23NO4/c1-3-19-14-6-4-5-12(9-14)15-10-13(16)11-18-8-7-17-2/h4-6,9,13,15-16H,3,7-8,10-11H2,1-2H3. The lowest BCUT2D eigenvalue weighted by atomic mass is 10.3. The molecule has 0 spiro atoms. The Kier molecular flexibility index (Phi) is 7.97. The van der Waals surface area contributed by atoms with Gasteiger partial charge in [-0.05, 0) is 19.1 Å². The van der Waals surface area contributed by atoms with Gasteiger partial charge in [0.2, 0.25) is 0 Å². The highest BCUT2D eigenvalue weighted by atomic mass is 16.5. The number of aliphatic hydroxyl groups excluding tert-OH is 1. The molecule has 5 heteroatoms. The van der Waals surface area contributed by atoms with Crippen LogP contribution in [0.4, 0.5) is 5.69 Å². The normalized spacial score (nSPS) is 12.2. The molecule has 1 unspecified atom stereocenters. The van der Waals surface area contributed by atoms with Gasteiger partial charge in [-0.25, -0.2) is 0 Å². The molecule has 19 heavy (non-hydrogen) atoms. The maximum Gasteiger partial charge on any atom is 0.121 e. The number of hydrogen-bond donors (Lipinski definition) is 2.